The molecule has 3 heterocycles. The lowest BCUT2D eigenvalue weighted by Crippen LogP contribution is -2.23. The Hall–Kier alpha value is -5.32. The van der Waals surface area contributed by atoms with Gasteiger partial charge in [0.15, 0.2) is 0 Å². The zero-order chi connectivity index (χ0) is 26.8. The summed E-state index contributed by atoms with van der Waals surface area (Å²) in [6.45, 7) is 1.74. The number of nitrogens with two attached hydrogens (primary N) is 1. The van der Waals surface area contributed by atoms with Gasteiger partial charge in [0.05, 0.1) is 17.4 Å². The highest BCUT2D eigenvalue weighted by atomic mass is 16.6. The van der Waals surface area contributed by atoms with Crippen molar-refractivity contribution in [3.63, 3.8) is 0 Å². The van der Waals surface area contributed by atoms with E-state index in [1.807, 2.05) is 60.7 Å². The van der Waals surface area contributed by atoms with Gasteiger partial charge in [0.1, 0.15) is 12.1 Å². The number of fused-ring (bicyclic) bond motifs is 1. The van der Waals surface area contributed by atoms with Gasteiger partial charge in [0.2, 0.25) is 5.88 Å². The van der Waals surface area contributed by atoms with Gasteiger partial charge in [-0.1, -0.05) is 43.3 Å². The van der Waals surface area contributed by atoms with Crippen LogP contribution in [0, 0.1) is 10.1 Å². The first-order valence-corrected chi connectivity index (χ1v) is 11.6. The van der Waals surface area contributed by atoms with Gasteiger partial charge in [-0.25, -0.2) is 9.97 Å². The van der Waals surface area contributed by atoms with Gasteiger partial charge < -0.3 is 20.8 Å². The fourth-order valence-corrected chi connectivity index (χ4v) is 4.32. The van der Waals surface area contributed by atoms with E-state index in [1.54, 1.807) is 23.8 Å². The van der Waals surface area contributed by atoms with Crippen LogP contribution in [0.1, 0.15) is 18.7 Å². The zero-order valence-electron chi connectivity index (χ0n) is 20.5. The second-order valence-electron chi connectivity index (χ2n) is 8.40. The van der Waals surface area contributed by atoms with Crippen LogP contribution in [0.4, 0.5) is 17.5 Å². The minimum atomic E-state index is -0.704. The van der Waals surface area contributed by atoms with Gasteiger partial charge in [-0.15, -0.1) is 0 Å². The molecule has 0 bridgehead atoms. The van der Waals surface area contributed by atoms with Crippen molar-refractivity contribution in [2.75, 3.05) is 12.8 Å². The lowest BCUT2D eigenvalue weighted by atomic mass is 9.98. The molecule has 190 valence electrons. The average Bonchev–Trinajstić information content (AvgIpc) is 2.93. The van der Waals surface area contributed by atoms with Crippen LogP contribution in [0.25, 0.3) is 32.9 Å². The Morgan fingerprint density at radius 1 is 1.08 bits per heavy atom. The molecule has 2 aromatic carbocycles. The quantitative estimate of drug-likeness (QED) is 0.235. The molecule has 5 rings (SSSR count). The number of nitrogens with zero attached hydrogens (tertiary/aromatic N) is 6. The Bertz CT molecular complexity index is 1720. The Morgan fingerprint density at radius 3 is 2.61 bits per heavy atom. The van der Waals surface area contributed by atoms with Gasteiger partial charge in [-0.05, 0) is 40.8 Å². The molecule has 11 nitrogen and oxygen atoms in total. The van der Waals surface area contributed by atoms with Crippen LogP contribution in [-0.2, 0) is 0 Å². The number of benzene rings is 2. The predicted molar refractivity (Wildman–Crippen MR) is 144 cm³/mol. The fraction of sp³-hybridized carbons (Fsp3) is 0.111. The van der Waals surface area contributed by atoms with E-state index < -0.39 is 11.0 Å². The van der Waals surface area contributed by atoms with E-state index in [0.29, 0.717) is 33.6 Å². The van der Waals surface area contributed by atoms with Crippen molar-refractivity contribution >= 4 is 28.2 Å². The standard InChI is InChI=1S/C27H22N7O4/c1-16(31-25-22(34(36)37)15-30-27(28)32-25)21-13-18-7-6-10-20(17-11-12-29-23(14-17)38-2)24(18)26(35)33(21)19-8-4-3-5-9-19/h3-16H,1-2H3,(H2-,28,30,31,32)/q-1. The minimum absolute atomic E-state index is 0.141. The van der Waals surface area contributed by atoms with Crippen LogP contribution in [0.5, 0.6) is 5.88 Å². The lowest BCUT2D eigenvalue weighted by Gasteiger charge is -2.26. The predicted octanol–water partition coefficient (Wildman–Crippen LogP) is 5.11. The van der Waals surface area contributed by atoms with E-state index in [4.69, 9.17) is 10.5 Å². The smallest absolute Gasteiger partial charge is 0.286 e. The van der Waals surface area contributed by atoms with Crippen LogP contribution in [0.2, 0.25) is 0 Å². The molecule has 11 heteroatoms. The molecule has 0 amide bonds. The van der Waals surface area contributed by atoms with E-state index in [2.05, 4.69) is 20.3 Å². The number of hydrogen-bond donors (Lipinski definition) is 1. The maximum atomic E-state index is 14.2. The van der Waals surface area contributed by atoms with Crippen LogP contribution < -0.4 is 16.0 Å². The lowest BCUT2D eigenvalue weighted by molar-refractivity contribution is -0.384. The third-order valence-electron chi connectivity index (χ3n) is 6.05. The number of para-hydroxylation sites is 1. The number of hydrogen-bond acceptors (Lipinski definition) is 8. The van der Waals surface area contributed by atoms with Crippen LogP contribution in [-0.4, -0.2) is 31.6 Å². The molecule has 0 saturated carbocycles. The van der Waals surface area contributed by atoms with Crippen LogP contribution in [0.15, 0.2) is 83.9 Å². The molecule has 0 aliphatic carbocycles. The Labute approximate surface area is 216 Å². The van der Waals surface area contributed by atoms with Crippen molar-refractivity contribution in [2.24, 2.45) is 0 Å². The maximum Gasteiger partial charge on any atom is 0.286 e. The van der Waals surface area contributed by atoms with Crippen LogP contribution >= 0.6 is 0 Å². The Kier molecular flexibility index (Phi) is 6.40. The highest BCUT2D eigenvalue weighted by Gasteiger charge is 2.19. The maximum absolute atomic E-state index is 14.2. The second kappa shape index (κ2) is 9.97. The first-order chi connectivity index (χ1) is 18.4. The molecule has 0 aliphatic rings. The third kappa shape index (κ3) is 4.48. The monoisotopic (exact) mass is 508 g/mol. The summed E-state index contributed by atoms with van der Waals surface area (Å²) in [6, 6.07) is 19.4. The van der Waals surface area contributed by atoms with E-state index in [1.165, 1.54) is 7.11 Å². The van der Waals surface area contributed by atoms with Gasteiger partial charge >= 0.3 is 0 Å². The first-order valence-electron chi connectivity index (χ1n) is 11.6. The molecule has 0 aliphatic heterocycles. The SMILES string of the molecule is COc1cc(-c2cccc3cc(C(C)[N-]c4nc(N)ncc4[N+](=O)[O-])n(-c4ccccc4)c(=O)c23)ccn1. The number of methoxy groups -OCH3 is 1. The summed E-state index contributed by atoms with van der Waals surface area (Å²) in [5, 5.41) is 17.2. The van der Waals surface area contributed by atoms with Gasteiger partial charge in [0, 0.05) is 35.5 Å². The Balaban J connectivity index is 1.74. The molecular weight excluding hydrogens is 486 g/mol. The number of anilines is 1. The summed E-state index contributed by atoms with van der Waals surface area (Å²) in [5.74, 6) is 0.121. The number of ether oxygens (including phenoxy) is 1. The van der Waals surface area contributed by atoms with Gasteiger partial charge in [-0.2, -0.15) is 0 Å². The van der Waals surface area contributed by atoms with Crippen LogP contribution in [0.3, 0.4) is 0 Å². The number of rotatable bonds is 7. The molecular formula is C27H22N7O4-. The number of nitro groups is 1. The van der Waals surface area contributed by atoms with Crippen molar-refractivity contribution < 1.29 is 9.66 Å². The molecule has 0 radical (unpaired) electrons. The molecule has 0 fully saturated rings. The highest BCUT2D eigenvalue weighted by Crippen LogP contribution is 2.38. The summed E-state index contributed by atoms with van der Waals surface area (Å²) >= 11 is 0. The van der Waals surface area contributed by atoms with Gasteiger partial charge in [0.25, 0.3) is 11.2 Å². The fourth-order valence-electron chi connectivity index (χ4n) is 4.32. The topological polar surface area (TPSA) is 153 Å². The third-order valence-corrected chi connectivity index (χ3v) is 6.05. The van der Waals surface area contributed by atoms with Crippen molar-refractivity contribution in [3.05, 3.63) is 111 Å². The molecule has 0 spiro atoms. The average molecular weight is 509 g/mol. The van der Waals surface area contributed by atoms with E-state index in [-0.39, 0.29) is 23.0 Å². The van der Waals surface area contributed by atoms with Crippen molar-refractivity contribution in [3.8, 4) is 22.7 Å². The molecule has 0 saturated heterocycles. The molecule has 5 aromatic rings. The highest BCUT2D eigenvalue weighted by molar-refractivity contribution is 5.96. The summed E-state index contributed by atoms with van der Waals surface area (Å²) < 4.78 is 6.84. The van der Waals surface area contributed by atoms with Crippen molar-refractivity contribution in [1.82, 2.24) is 19.5 Å². The van der Waals surface area contributed by atoms with Gasteiger partial charge in [-0.3, -0.25) is 19.5 Å². The van der Waals surface area contributed by atoms with E-state index in [9.17, 15) is 14.9 Å². The summed E-state index contributed by atoms with van der Waals surface area (Å²) in [5.41, 5.74) is 7.66. The Morgan fingerprint density at radius 2 is 1.87 bits per heavy atom. The second-order valence-corrected chi connectivity index (χ2v) is 8.40. The number of pyridine rings is 2. The molecule has 1 unspecified atom stereocenters. The minimum Gasteiger partial charge on any atom is -0.481 e. The normalized spacial score (nSPS) is 11.7. The molecule has 38 heavy (non-hydrogen) atoms. The van der Waals surface area contributed by atoms with Crippen molar-refractivity contribution in [1.29, 1.82) is 0 Å². The first kappa shape index (κ1) is 24.4. The largest absolute Gasteiger partial charge is 0.481 e. The number of aromatic nitrogens is 4. The molecule has 3 aromatic heterocycles. The van der Waals surface area contributed by atoms with E-state index in [0.717, 1.165) is 11.8 Å². The van der Waals surface area contributed by atoms with Crippen molar-refractivity contribution in [2.45, 2.75) is 13.0 Å². The summed E-state index contributed by atoms with van der Waals surface area (Å²) in [6.07, 6.45) is 2.65. The molecule has 1 atom stereocenters. The number of nitrogen functional groups attached to an aromatic ring is 1. The summed E-state index contributed by atoms with van der Waals surface area (Å²) in [7, 11) is 1.53. The molecule has 2 N–H and O–H groups in total. The zero-order valence-corrected chi connectivity index (χ0v) is 20.5. The van der Waals surface area contributed by atoms with E-state index >= 15 is 0 Å². The summed E-state index contributed by atoms with van der Waals surface area (Å²) in [4.78, 5) is 37.0.